The average molecular weight is 222 g/mol. The van der Waals surface area contributed by atoms with Gasteiger partial charge in [0.25, 0.3) is 0 Å². The summed E-state index contributed by atoms with van der Waals surface area (Å²) in [6, 6.07) is 5.86. The molecule has 0 atom stereocenters. The third-order valence-corrected chi connectivity index (χ3v) is 2.46. The fourth-order valence-electron chi connectivity index (χ4n) is 1.59. The lowest BCUT2D eigenvalue weighted by Crippen LogP contribution is -2.36. The van der Waals surface area contributed by atoms with Gasteiger partial charge in [-0.3, -0.25) is 9.88 Å². The molecule has 0 bridgehead atoms. The van der Waals surface area contributed by atoms with E-state index >= 15 is 0 Å². The third-order valence-electron chi connectivity index (χ3n) is 2.46. The molecule has 0 spiro atoms. The normalized spacial score (nSPS) is 16.4. The minimum Gasteiger partial charge on any atom is -0.379 e. The van der Waals surface area contributed by atoms with Gasteiger partial charge in [0.05, 0.1) is 13.2 Å². The second kappa shape index (κ2) is 8.25. The van der Waals surface area contributed by atoms with E-state index in [1.54, 1.807) is 6.20 Å². The number of pyridine rings is 1. The van der Waals surface area contributed by atoms with E-state index in [-0.39, 0.29) is 0 Å². The Morgan fingerprint density at radius 3 is 2.50 bits per heavy atom. The van der Waals surface area contributed by atoms with Crippen molar-refractivity contribution in [2.24, 2.45) is 0 Å². The molecule has 2 heterocycles. The van der Waals surface area contributed by atoms with Gasteiger partial charge in [0, 0.05) is 25.0 Å². The van der Waals surface area contributed by atoms with E-state index in [9.17, 15) is 0 Å². The van der Waals surface area contributed by atoms with Crippen molar-refractivity contribution in [1.29, 1.82) is 0 Å². The van der Waals surface area contributed by atoms with Crippen molar-refractivity contribution >= 4 is 0 Å². The summed E-state index contributed by atoms with van der Waals surface area (Å²) >= 11 is 0. The van der Waals surface area contributed by atoms with Gasteiger partial charge in [0.2, 0.25) is 0 Å². The van der Waals surface area contributed by atoms with Crippen LogP contribution < -0.4 is 0 Å². The Morgan fingerprint density at radius 2 is 2.06 bits per heavy atom. The van der Waals surface area contributed by atoms with E-state index in [1.807, 2.05) is 25.1 Å². The lowest BCUT2D eigenvalue weighted by molar-refractivity contribution is 0.0380. The highest BCUT2D eigenvalue weighted by Crippen LogP contribution is 1.96. The summed E-state index contributed by atoms with van der Waals surface area (Å²) in [7, 11) is 0. The van der Waals surface area contributed by atoms with Gasteiger partial charge < -0.3 is 4.74 Å². The standard InChI is InChI=1S/C7H15NO.C6H7N/c1-2-3-8-4-6-9-7-5-8;1-6-4-2-3-5-7-6/h2-7H2,1H3;2-5H,1H3. The fraction of sp³-hybridized carbons (Fsp3) is 0.615. The van der Waals surface area contributed by atoms with Crippen molar-refractivity contribution in [3.63, 3.8) is 0 Å². The monoisotopic (exact) mass is 222 g/mol. The van der Waals surface area contributed by atoms with Crippen LogP contribution in [0.2, 0.25) is 0 Å². The lowest BCUT2D eigenvalue weighted by Gasteiger charge is -2.25. The highest BCUT2D eigenvalue weighted by Gasteiger charge is 2.07. The van der Waals surface area contributed by atoms with Crippen LogP contribution in [0, 0.1) is 6.92 Å². The third kappa shape index (κ3) is 5.83. The van der Waals surface area contributed by atoms with Crippen molar-refractivity contribution in [1.82, 2.24) is 9.88 Å². The van der Waals surface area contributed by atoms with Crippen LogP contribution in [0.1, 0.15) is 19.0 Å². The molecular formula is C13H22N2O. The van der Waals surface area contributed by atoms with Crippen molar-refractivity contribution < 1.29 is 4.74 Å². The van der Waals surface area contributed by atoms with Gasteiger partial charge in [0.15, 0.2) is 0 Å². The Bertz CT molecular complexity index is 255. The van der Waals surface area contributed by atoms with Gasteiger partial charge in [-0.1, -0.05) is 13.0 Å². The van der Waals surface area contributed by atoms with Gasteiger partial charge in [-0.2, -0.15) is 0 Å². The van der Waals surface area contributed by atoms with Crippen molar-refractivity contribution in [2.75, 3.05) is 32.8 Å². The number of rotatable bonds is 2. The van der Waals surface area contributed by atoms with Gasteiger partial charge in [0.1, 0.15) is 0 Å². The van der Waals surface area contributed by atoms with Crippen LogP contribution in [0.15, 0.2) is 24.4 Å². The zero-order valence-corrected chi connectivity index (χ0v) is 10.4. The maximum absolute atomic E-state index is 5.20. The number of nitrogens with zero attached hydrogens (tertiary/aromatic N) is 2. The van der Waals surface area contributed by atoms with Gasteiger partial charge in [-0.15, -0.1) is 0 Å². The van der Waals surface area contributed by atoms with Gasteiger partial charge in [-0.25, -0.2) is 0 Å². The molecule has 0 aliphatic carbocycles. The molecule has 90 valence electrons. The minimum atomic E-state index is 0.931. The van der Waals surface area contributed by atoms with Crippen LogP contribution >= 0.6 is 0 Å². The molecule has 1 aliphatic heterocycles. The molecule has 1 aliphatic rings. The predicted octanol–water partition coefficient (Wildman–Crippen LogP) is 2.12. The molecule has 1 aromatic heterocycles. The minimum absolute atomic E-state index is 0.931. The summed E-state index contributed by atoms with van der Waals surface area (Å²) in [6.07, 6.45) is 3.05. The van der Waals surface area contributed by atoms with Crippen LogP contribution in [0.3, 0.4) is 0 Å². The first-order chi connectivity index (χ1) is 7.83. The molecule has 3 heteroatoms. The maximum atomic E-state index is 5.20. The summed E-state index contributed by atoms with van der Waals surface area (Å²) in [6.45, 7) is 9.56. The Hall–Kier alpha value is -0.930. The van der Waals surface area contributed by atoms with E-state index in [1.165, 1.54) is 13.0 Å². The Kier molecular flexibility index (Phi) is 6.77. The number of aromatic nitrogens is 1. The molecule has 2 rings (SSSR count). The van der Waals surface area contributed by atoms with Crippen molar-refractivity contribution in [3.05, 3.63) is 30.1 Å². The lowest BCUT2D eigenvalue weighted by atomic mass is 10.4. The molecule has 0 amide bonds. The Morgan fingerprint density at radius 1 is 1.31 bits per heavy atom. The smallest absolute Gasteiger partial charge is 0.0594 e. The zero-order valence-electron chi connectivity index (χ0n) is 10.4. The molecule has 0 saturated carbocycles. The van der Waals surface area contributed by atoms with Crippen LogP contribution in [0.4, 0.5) is 0 Å². The van der Waals surface area contributed by atoms with Crippen molar-refractivity contribution in [2.45, 2.75) is 20.3 Å². The SMILES string of the molecule is CCCN1CCOCC1.Cc1ccccn1. The maximum Gasteiger partial charge on any atom is 0.0594 e. The molecule has 0 unspecified atom stereocenters. The Labute approximate surface area is 98.4 Å². The van der Waals surface area contributed by atoms with Crippen LogP contribution in [0.25, 0.3) is 0 Å². The highest BCUT2D eigenvalue weighted by atomic mass is 16.5. The average Bonchev–Trinajstić information content (AvgIpc) is 2.33. The molecule has 3 nitrogen and oxygen atoms in total. The zero-order chi connectivity index (χ0) is 11.6. The van der Waals surface area contributed by atoms with E-state index in [0.29, 0.717) is 0 Å². The fourth-order valence-corrected chi connectivity index (χ4v) is 1.59. The number of hydrogen-bond acceptors (Lipinski definition) is 3. The molecule has 0 radical (unpaired) electrons. The summed E-state index contributed by atoms with van der Waals surface area (Å²) in [4.78, 5) is 6.43. The van der Waals surface area contributed by atoms with E-state index in [0.717, 1.165) is 32.0 Å². The quantitative estimate of drug-likeness (QED) is 0.766. The first kappa shape index (κ1) is 13.1. The van der Waals surface area contributed by atoms with E-state index in [2.05, 4.69) is 16.8 Å². The topological polar surface area (TPSA) is 25.4 Å². The molecule has 1 saturated heterocycles. The molecule has 0 aromatic carbocycles. The van der Waals surface area contributed by atoms with Crippen molar-refractivity contribution in [3.8, 4) is 0 Å². The van der Waals surface area contributed by atoms with Crippen LogP contribution in [-0.2, 0) is 4.74 Å². The molecule has 16 heavy (non-hydrogen) atoms. The first-order valence-corrected chi connectivity index (χ1v) is 6.00. The molecule has 0 N–H and O–H groups in total. The number of hydrogen-bond donors (Lipinski definition) is 0. The highest BCUT2D eigenvalue weighted by molar-refractivity contribution is 4.99. The van der Waals surface area contributed by atoms with Crippen LogP contribution in [-0.4, -0.2) is 42.7 Å². The first-order valence-electron chi connectivity index (χ1n) is 6.00. The van der Waals surface area contributed by atoms with Gasteiger partial charge >= 0.3 is 0 Å². The second-order valence-electron chi connectivity index (χ2n) is 3.93. The number of aryl methyl sites for hydroxylation is 1. The molecule has 1 aromatic rings. The Balaban J connectivity index is 0.000000165. The summed E-state index contributed by atoms with van der Waals surface area (Å²) in [5, 5.41) is 0. The van der Waals surface area contributed by atoms with Gasteiger partial charge in [-0.05, 0) is 32.0 Å². The molecular weight excluding hydrogens is 200 g/mol. The van der Waals surface area contributed by atoms with E-state index in [4.69, 9.17) is 4.74 Å². The van der Waals surface area contributed by atoms with Crippen LogP contribution in [0.5, 0.6) is 0 Å². The summed E-state index contributed by atoms with van der Waals surface area (Å²) < 4.78 is 5.20. The predicted molar refractivity (Wildman–Crippen MR) is 66.5 cm³/mol. The summed E-state index contributed by atoms with van der Waals surface area (Å²) in [5.74, 6) is 0. The van der Waals surface area contributed by atoms with E-state index < -0.39 is 0 Å². The molecule has 1 fully saturated rings. The number of morpholine rings is 1. The number of ether oxygens (including phenoxy) is 1. The summed E-state index contributed by atoms with van der Waals surface area (Å²) in [5.41, 5.74) is 1.07. The second-order valence-corrected chi connectivity index (χ2v) is 3.93. The largest absolute Gasteiger partial charge is 0.379 e.